The van der Waals surface area contributed by atoms with E-state index >= 15 is 0 Å². The topological polar surface area (TPSA) is 32.5 Å². The van der Waals surface area contributed by atoms with Gasteiger partial charge in [-0.05, 0) is 123 Å². The molecule has 0 N–H and O–H groups in total. The molecule has 0 bridgehead atoms. The third-order valence-electron chi connectivity index (χ3n) is 12.4. The molecule has 1 aromatic heterocycles. The lowest BCUT2D eigenvalue weighted by molar-refractivity contribution is 0.620. The van der Waals surface area contributed by atoms with Crippen LogP contribution in [-0.4, -0.2) is 11.0 Å². The zero-order valence-corrected chi connectivity index (χ0v) is 33.3. The number of aromatic nitrogens is 1. The monoisotopic (exact) mass is 781 g/mol. The second kappa shape index (κ2) is 14.4. The van der Waals surface area contributed by atoms with E-state index in [4.69, 9.17) is 9.40 Å². The molecule has 4 nitrogen and oxygen atoms in total. The highest BCUT2D eigenvalue weighted by Gasteiger charge is 2.39. The highest BCUT2D eigenvalue weighted by Crippen LogP contribution is 2.49. The van der Waals surface area contributed by atoms with Crippen molar-refractivity contribution in [2.45, 2.75) is 12.0 Å². The van der Waals surface area contributed by atoms with Crippen molar-refractivity contribution in [1.82, 2.24) is 4.98 Å². The van der Waals surface area contributed by atoms with Crippen molar-refractivity contribution in [2.24, 2.45) is 0 Å². The number of anilines is 4. The van der Waals surface area contributed by atoms with Crippen LogP contribution in [0.2, 0.25) is 0 Å². The SMILES string of the molecule is C1=CC2c3ccccc3N(c3ccccc3)C2C=C1N(c1ccc(-c2ccc3c(ccc4oc(-c5ccccc5)nc43)c2)cc1)c1ccc(-c2cccc3ccccc23)cc1. The Bertz CT molecular complexity index is 3310. The summed E-state index contributed by atoms with van der Waals surface area (Å²) in [7, 11) is 0. The van der Waals surface area contributed by atoms with Crippen molar-refractivity contribution in [3.63, 3.8) is 0 Å². The van der Waals surface area contributed by atoms with Gasteiger partial charge in [-0.1, -0.05) is 146 Å². The molecule has 1 aliphatic heterocycles. The number of hydrogen-bond acceptors (Lipinski definition) is 4. The molecule has 2 aliphatic rings. The summed E-state index contributed by atoms with van der Waals surface area (Å²) in [6, 6.07) is 73.9. The van der Waals surface area contributed by atoms with Crippen LogP contribution >= 0.6 is 0 Å². The van der Waals surface area contributed by atoms with Gasteiger partial charge < -0.3 is 14.2 Å². The largest absolute Gasteiger partial charge is 0.436 e. The quantitative estimate of drug-likeness (QED) is 0.161. The number of para-hydroxylation sites is 2. The Hall–Kier alpha value is -7.95. The first-order chi connectivity index (χ1) is 30.2. The molecule has 0 saturated heterocycles. The number of fused-ring (bicyclic) bond motifs is 7. The van der Waals surface area contributed by atoms with Crippen molar-refractivity contribution in [3.8, 4) is 33.7 Å². The summed E-state index contributed by atoms with van der Waals surface area (Å²) < 4.78 is 6.19. The summed E-state index contributed by atoms with van der Waals surface area (Å²) in [6.07, 6.45) is 7.18. The zero-order chi connectivity index (χ0) is 40.3. The first-order valence-electron chi connectivity index (χ1n) is 20.9. The smallest absolute Gasteiger partial charge is 0.227 e. The minimum atomic E-state index is 0.120. The molecule has 12 rings (SSSR count). The van der Waals surface area contributed by atoms with Crippen LogP contribution in [0.3, 0.4) is 0 Å². The van der Waals surface area contributed by atoms with Crippen LogP contribution in [0.5, 0.6) is 0 Å². The van der Waals surface area contributed by atoms with Crippen LogP contribution in [0.1, 0.15) is 11.5 Å². The molecular weight excluding hydrogens is 743 g/mol. The van der Waals surface area contributed by atoms with Gasteiger partial charge in [-0.3, -0.25) is 0 Å². The lowest BCUT2D eigenvalue weighted by Gasteiger charge is -2.34. The Morgan fingerprint density at radius 3 is 2.02 bits per heavy atom. The minimum Gasteiger partial charge on any atom is -0.436 e. The van der Waals surface area contributed by atoms with E-state index in [1.807, 2.05) is 36.4 Å². The second-order valence-corrected chi connectivity index (χ2v) is 15.9. The molecule has 0 amide bonds. The fourth-order valence-corrected chi connectivity index (χ4v) is 9.49. The maximum Gasteiger partial charge on any atom is 0.227 e. The fraction of sp³-hybridized carbons (Fsp3) is 0.0351. The van der Waals surface area contributed by atoms with Gasteiger partial charge in [-0.15, -0.1) is 0 Å². The van der Waals surface area contributed by atoms with E-state index in [1.165, 1.54) is 38.8 Å². The molecule has 0 radical (unpaired) electrons. The Balaban J connectivity index is 0.932. The van der Waals surface area contributed by atoms with Gasteiger partial charge in [0.25, 0.3) is 0 Å². The van der Waals surface area contributed by atoms with Crippen LogP contribution in [-0.2, 0) is 0 Å². The Labute approximate surface area is 354 Å². The van der Waals surface area contributed by atoms with E-state index in [-0.39, 0.29) is 12.0 Å². The van der Waals surface area contributed by atoms with Crippen molar-refractivity contribution < 1.29 is 4.42 Å². The molecule has 0 spiro atoms. The number of hydrogen-bond donors (Lipinski definition) is 0. The van der Waals surface area contributed by atoms with E-state index in [0.717, 1.165) is 55.6 Å². The average molecular weight is 782 g/mol. The number of oxazole rings is 1. The van der Waals surface area contributed by atoms with Gasteiger partial charge in [0.1, 0.15) is 5.52 Å². The highest BCUT2D eigenvalue weighted by molar-refractivity contribution is 6.05. The standard InChI is InChI=1S/C57H39N3O/c1-3-13-41(14-4-1)57-58-56-50-33-26-42(36-43(50)27-35-55(56)61-57)38-22-28-45(29-23-38)59(46-30-24-40(25-31-46)49-20-11-15-39-12-7-8-18-48(39)49)47-32-34-52-51-19-9-10-21-53(51)60(54(52)37-47)44-16-5-2-6-17-44/h1-37,52,54H. The summed E-state index contributed by atoms with van der Waals surface area (Å²) >= 11 is 0. The Morgan fingerprint density at radius 2 is 1.20 bits per heavy atom. The minimum absolute atomic E-state index is 0.120. The van der Waals surface area contributed by atoms with E-state index in [2.05, 4.69) is 198 Å². The molecule has 288 valence electrons. The molecule has 2 atom stereocenters. The lowest BCUT2D eigenvalue weighted by atomic mass is 9.90. The fourth-order valence-electron chi connectivity index (χ4n) is 9.49. The number of allylic oxidation sites excluding steroid dienone is 1. The van der Waals surface area contributed by atoms with Gasteiger partial charge in [0.05, 0.1) is 6.04 Å². The molecule has 2 heterocycles. The molecule has 10 aromatic rings. The molecule has 4 heteroatoms. The van der Waals surface area contributed by atoms with Crippen LogP contribution in [0.25, 0.3) is 66.4 Å². The van der Waals surface area contributed by atoms with E-state index < -0.39 is 0 Å². The molecule has 2 unspecified atom stereocenters. The van der Waals surface area contributed by atoms with Crippen molar-refractivity contribution in [2.75, 3.05) is 9.80 Å². The van der Waals surface area contributed by atoms with Gasteiger partial charge in [0.15, 0.2) is 5.58 Å². The van der Waals surface area contributed by atoms with Gasteiger partial charge in [-0.25, -0.2) is 4.98 Å². The van der Waals surface area contributed by atoms with E-state index in [0.29, 0.717) is 5.89 Å². The lowest BCUT2D eigenvalue weighted by Crippen LogP contribution is -2.31. The predicted molar refractivity (Wildman–Crippen MR) is 253 cm³/mol. The van der Waals surface area contributed by atoms with Crippen LogP contribution < -0.4 is 9.80 Å². The van der Waals surface area contributed by atoms with Crippen LogP contribution in [0.15, 0.2) is 235 Å². The van der Waals surface area contributed by atoms with Crippen LogP contribution in [0, 0.1) is 0 Å². The first kappa shape index (κ1) is 35.0. The van der Waals surface area contributed by atoms with Gasteiger partial charge >= 0.3 is 0 Å². The molecule has 61 heavy (non-hydrogen) atoms. The molecule has 9 aromatic carbocycles. The third kappa shape index (κ3) is 6.03. The van der Waals surface area contributed by atoms with Crippen molar-refractivity contribution >= 4 is 55.4 Å². The average Bonchev–Trinajstić information content (AvgIpc) is 3.92. The van der Waals surface area contributed by atoms with Gasteiger partial charge in [-0.2, -0.15) is 0 Å². The zero-order valence-electron chi connectivity index (χ0n) is 33.3. The first-order valence-corrected chi connectivity index (χ1v) is 20.9. The Morgan fingerprint density at radius 1 is 0.508 bits per heavy atom. The third-order valence-corrected chi connectivity index (χ3v) is 12.4. The molecular formula is C57H39N3O. The normalized spacial score (nSPS) is 15.5. The number of benzene rings is 9. The van der Waals surface area contributed by atoms with Crippen molar-refractivity contribution in [1.29, 1.82) is 0 Å². The molecule has 1 aliphatic carbocycles. The van der Waals surface area contributed by atoms with Gasteiger partial charge in [0, 0.05) is 45.3 Å². The summed E-state index contributed by atoms with van der Waals surface area (Å²) in [5, 5.41) is 4.71. The maximum atomic E-state index is 6.19. The summed E-state index contributed by atoms with van der Waals surface area (Å²) in [5.41, 5.74) is 14.5. The van der Waals surface area contributed by atoms with Crippen molar-refractivity contribution in [3.05, 3.63) is 236 Å². The summed E-state index contributed by atoms with van der Waals surface area (Å²) in [6.45, 7) is 0. The summed E-state index contributed by atoms with van der Waals surface area (Å²) in [5.74, 6) is 0.883. The van der Waals surface area contributed by atoms with Gasteiger partial charge in [0.2, 0.25) is 5.89 Å². The molecule has 0 saturated carbocycles. The predicted octanol–water partition coefficient (Wildman–Crippen LogP) is 15.0. The number of rotatable bonds is 7. The van der Waals surface area contributed by atoms with E-state index in [1.54, 1.807) is 0 Å². The van der Waals surface area contributed by atoms with Crippen LogP contribution in [0.4, 0.5) is 22.7 Å². The highest BCUT2D eigenvalue weighted by atomic mass is 16.3. The second-order valence-electron chi connectivity index (χ2n) is 15.9. The van der Waals surface area contributed by atoms with E-state index in [9.17, 15) is 0 Å². The number of nitrogens with zero attached hydrogens (tertiary/aromatic N) is 3. The molecule has 0 fully saturated rings. The maximum absolute atomic E-state index is 6.19. The Kier molecular flexibility index (Phi) is 8.27. The summed E-state index contributed by atoms with van der Waals surface area (Å²) in [4.78, 5) is 9.83.